The lowest BCUT2D eigenvalue weighted by Gasteiger charge is -2.08. The van der Waals surface area contributed by atoms with E-state index in [4.69, 9.17) is 5.73 Å². The summed E-state index contributed by atoms with van der Waals surface area (Å²) < 4.78 is 0. The minimum atomic E-state index is -0.308. The van der Waals surface area contributed by atoms with Crippen LogP contribution in [0.3, 0.4) is 0 Å². The Hall–Kier alpha value is -1.56. The maximum absolute atomic E-state index is 11.6. The predicted octanol–water partition coefficient (Wildman–Crippen LogP) is 0.832. The van der Waals surface area contributed by atoms with E-state index in [9.17, 15) is 9.59 Å². The Balaban J connectivity index is 2.34. The monoisotopic (exact) mass is 255 g/mol. The number of rotatable bonds is 5. The molecule has 0 saturated heterocycles. The van der Waals surface area contributed by atoms with Gasteiger partial charge in [0.2, 0.25) is 5.91 Å². The Morgan fingerprint density at radius 3 is 2.65 bits per heavy atom. The Bertz CT molecular complexity index is 401. The Morgan fingerprint density at radius 2 is 2.12 bits per heavy atom. The first-order valence-corrected chi connectivity index (χ1v) is 6.26. The van der Waals surface area contributed by atoms with Crippen molar-refractivity contribution in [2.75, 3.05) is 18.8 Å². The number of anilines is 1. The largest absolute Gasteiger partial charge is 0.397 e. The molecule has 1 rings (SSSR count). The van der Waals surface area contributed by atoms with Crippen molar-refractivity contribution in [2.45, 2.75) is 13.8 Å². The molecule has 1 aromatic heterocycles. The summed E-state index contributed by atoms with van der Waals surface area (Å²) in [6.45, 7) is 4.59. The Kier molecular flexibility index (Phi) is 4.96. The van der Waals surface area contributed by atoms with Crippen LogP contribution in [-0.4, -0.2) is 24.9 Å². The molecule has 0 aliphatic heterocycles. The van der Waals surface area contributed by atoms with Crippen LogP contribution in [0.5, 0.6) is 0 Å². The smallest absolute Gasteiger partial charge is 0.263 e. The second-order valence-electron chi connectivity index (χ2n) is 4.09. The molecule has 4 N–H and O–H groups in total. The fourth-order valence-electron chi connectivity index (χ4n) is 1.13. The van der Waals surface area contributed by atoms with Gasteiger partial charge in [0.1, 0.15) is 4.88 Å². The molecular weight excluding hydrogens is 238 g/mol. The number of thiophene rings is 1. The van der Waals surface area contributed by atoms with Crippen molar-refractivity contribution in [3.63, 3.8) is 0 Å². The lowest BCUT2D eigenvalue weighted by Crippen LogP contribution is -2.38. The number of nitrogens with two attached hydrogens (primary N) is 1. The molecule has 0 spiro atoms. The quantitative estimate of drug-likeness (QED) is 0.728. The molecule has 0 aromatic carbocycles. The lowest BCUT2D eigenvalue weighted by atomic mass is 10.2. The molecule has 2 amide bonds. The third kappa shape index (κ3) is 4.44. The summed E-state index contributed by atoms with van der Waals surface area (Å²) in [7, 11) is 0. The highest BCUT2D eigenvalue weighted by molar-refractivity contribution is 7.12. The SMILES string of the molecule is CC(C)CNC(=O)CNC(=O)c1sccc1N. The number of carbonyl (C=O) groups excluding carboxylic acids is 2. The van der Waals surface area contributed by atoms with Gasteiger partial charge in [0.05, 0.1) is 12.2 Å². The van der Waals surface area contributed by atoms with Crippen molar-refractivity contribution in [3.8, 4) is 0 Å². The van der Waals surface area contributed by atoms with E-state index in [1.165, 1.54) is 11.3 Å². The van der Waals surface area contributed by atoms with E-state index < -0.39 is 0 Å². The molecule has 0 atom stereocenters. The summed E-state index contributed by atoms with van der Waals surface area (Å²) in [6, 6.07) is 1.67. The van der Waals surface area contributed by atoms with Gasteiger partial charge in [0.25, 0.3) is 5.91 Å². The number of nitrogen functional groups attached to an aromatic ring is 1. The highest BCUT2D eigenvalue weighted by Crippen LogP contribution is 2.17. The van der Waals surface area contributed by atoms with Crippen molar-refractivity contribution < 1.29 is 9.59 Å². The standard InChI is InChI=1S/C11H17N3O2S/c1-7(2)5-13-9(15)6-14-11(16)10-8(12)3-4-17-10/h3-4,7H,5-6,12H2,1-2H3,(H,13,15)(H,14,16). The van der Waals surface area contributed by atoms with Gasteiger partial charge in [-0.3, -0.25) is 9.59 Å². The number of hydrogen-bond acceptors (Lipinski definition) is 4. The number of amides is 2. The molecular formula is C11H17N3O2S. The van der Waals surface area contributed by atoms with E-state index in [-0.39, 0.29) is 18.4 Å². The van der Waals surface area contributed by atoms with Crippen LogP contribution in [0.4, 0.5) is 5.69 Å². The normalized spacial score (nSPS) is 10.3. The molecule has 1 heterocycles. The van der Waals surface area contributed by atoms with Gasteiger partial charge in [0.15, 0.2) is 0 Å². The van der Waals surface area contributed by atoms with Crippen molar-refractivity contribution in [2.24, 2.45) is 5.92 Å². The van der Waals surface area contributed by atoms with Gasteiger partial charge in [-0.05, 0) is 17.4 Å². The van der Waals surface area contributed by atoms with Crippen molar-refractivity contribution in [1.82, 2.24) is 10.6 Å². The molecule has 0 aliphatic carbocycles. The zero-order valence-electron chi connectivity index (χ0n) is 9.95. The zero-order chi connectivity index (χ0) is 12.8. The molecule has 0 unspecified atom stereocenters. The van der Waals surface area contributed by atoms with E-state index in [0.29, 0.717) is 23.0 Å². The van der Waals surface area contributed by atoms with E-state index >= 15 is 0 Å². The highest BCUT2D eigenvalue weighted by atomic mass is 32.1. The molecule has 0 bridgehead atoms. The minimum absolute atomic E-state index is 0.0249. The summed E-state index contributed by atoms with van der Waals surface area (Å²) in [5.41, 5.74) is 6.04. The van der Waals surface area contributed by atoms with Crippen molar-refractivity contribution >= 4 is 28.8 Å². The maximum Gasteiger partial charge on any atom is 0.263 e. The number of carbonyl (C=O) groups is 2. The van der Waals surface area contributed by atoms with Crippen LogP contribution in [-0.2, 0) is 4.79 Å². The van der Waals surface area contributed by atoms with Crippen LogP contribution >= 0.6 is 11.3 Å². The summed E-state index contributed by atoms with van der Waals surface area (Å²) in [5, 5.41) is 6.98. The van der Waals surface area contributed by atoms with Crippen LogP contribution in [0.1, 0.15) is 23.5 Å². The van der Waals surface area contributed by atoms with Gasteiger partial charge in [0, 0.05) is 6.54 Å². The highest BCUT2D eigenvalue weighted by Gasteiger charge is 2.12. The van der Waals surface area contributed by atoms with Gasteiger partial charge < -0.3 is 16.4 Å². The first-order chi connectivity index (χ1) is 8.00. The first kappa shape index (κ1) is 13.5. The van der Waals surface area contributed by atoms with Crippen LogP contribution < -0.4 is 16.4 Å². The van der Waals surface area contributed by atoms with E-state index in [1.807, 2.05) is 13.8 Å². The Labute approximate surface area is 104 Å². The second kappa shape index (κ2) is 6.24. The van der Waals surface area contributed by atoms with Crippen LogP contribution in [0.2, 0.25) is 0 Å². The molecule has 17 heavy (non-hydrogen) atoms. The van der Waals surface area contributed by atoms with Gasteiger partial charge >= 0.3 is 0 Å². The number of hydrogen-bond donors (Lipinski definition) is 3. The minimum Gasteiger partial charge on any atom is -0.397 e. The van der Waals surface area contributed by atoms with Crippen molar-refractivity contribution in [1.29, 1.82) is 0 Å². The molecule has 0 fully saturated rings. The van der Waals surface area contributed by atoms with Gasteiger partial charge in [-0.2, -0.15) is 0 Å². The van der Waals surface area contributed by atoms with Crippen LogP contribution in [0.15, 0.2) is 11.4 Å². The fourth-order valence-corrected chi connectivity index (χ4v) is 1.86. The molecule has 0 aliphatic rings. The first-order valence-electron chi connectivity index (χ1n) is 5.38. The third-order valence-electron chi connectivity index (χ3n) is 2.02. The summed E-state index contributed by atoms with van der Waals surface area (Å²) in [6.07, 6.45) is 0. The van der Waals surface area contributed by atoms with Gasteiger partial charge in [-0.25, -0.2) is 0 Å². The maximum atomic E-state index is 11.6. The molecule has 0 saturated carbocycles. The average Bonchev–Trinajstić information content (AvgIpc) is 2.69. The average molecular weight is 255 g/mol. The fraction of sp³-hybridized carbons (Fsp3) is 0.455. The number of nitrogens with one attached hydrogen (secondary N) is 2. The van der Waals surface area contributed by atoms with E-state index in [2.05, 4.69) is 10.6 Å². The van der Waals surface area contributed by atoms with Crippen LogP contribution in [0, 0.1) is 5.92 Å². The molecule has 1 aromatic rings. The second-order valence-corrected chi connectivity index (χ2v) is 5.00. The van der Waals surface area contributed by atoms with E-state index in [0.717, 1.165) is 0 Å². The topological polar surface area (TPSA) is 84.2 Å². The van der Waals surface area contributed by atoms with Crippen LogP contribution in [0.25, 0.3) is 0 Å². The molecule has 6 heteroatoms. The summed E-state index contributed by atoms with van der Waals surface area (Å²) in [4.78, 5) is 23.4. The molecule has 5 nitrogen and oxygen atoms in total. The zero-order valence-corrected chi connectivity index (χ0v) is 10.8. The predicted molar refractivity (Wildman–Crippen MR) is 68.9 cm³/mol. The van der Waals surface area contributed by atoms with Gasteiger partial charge in [-0.15, -0.1) is 11.3 Å². The van der Waals surface area contributed by atoms with E-state index in [1.54, 1.807) is 11.4 Å². The van der Waals surface area contributed by atoms with Gasteiger partial charge in [-0.1, -0.05) is 13.8 Å². The van der Waals surface area contributed by atoms with Crippen molar-refractivity contribution in [3.05, 3.63) is 16.3 Å². The molecule has 0 radical (unpaired) electrons. The molecule has 94 valence electrons. The lowest BCUT2D eigenvalue weighted by molar-refractivity contribution is -0.120. The third-order valence-corrected chi connectivity index (χ3v) is 2.95. The summed E-state index contributed by atoms with van der Waals surface area (Å²) in [5.74, 6) is -0.109. The summed E-state index contributed by atoms with van der Waals surface area (Å²) >= 11 is 1.26. The Morgan fingerprint density at radius 1 is 1.41 bits per heavy atom.